The van der Waals surface area contributed by atoms with E-state index < -0.39 is 11.9 Å². The molecule has 9 heteroatoms. The molecule has 1 saturated heterocycles. The SMILES string of the molecule is C#CCN1CCN(CC#Cc2ccc3c(c2)N(C)C(=O)[C@@H](NC(=O)c2cn(Cc4ccccc4)cn2)CO3)CC1. The molecule has 0 radical (unpaired) electrons. The minimum Gasteiger partial charge on any atom is -0.489 e. The van der Waals surface area contributed by atoms with Crippen LogP contribution in [0.25, 0.3) is 0 Å². The number of aromatic nitrogens is 2. The summed E-state index contributed by atoms with van der Waals surface area (Å²) in [6.45, 7) is 5.74. The number of rotatable bonds is 6. The second-order valence-electron chi connectivity index (χ2n) is 9.89. The molecule has 2 amide bonds. The van der Waals surface area contributed by atoms with E-state index in [2.05, 4.69) is 37.9 Å². The summed E-state index contributed by atoms with van der Waals surface area (Å²) in [7, 11) is 1.68. The standard InChI is InChI=1S/C31H32N6O3/c1-3-13-35-15-17-36(18-16-35)14-7-10-24-11-12-29-28(19-24)34(2)31(39)27(22-40-29)33-30(38)26-21-37(23-32-26)20-25-8-5-4-6-9-25/h1,4-6,8-9,11-12,19,21,23,27H,13-18,20,22H2,2H3,(H,33,38)/t27-/m0/s1. The smallest absolute Gasteiger partial charge is 0.272 e. The highest BCUT2D eigenvalue weighted by molar-refractivity contribution is 6.02. The molecule has 1 aromatic heterocycles. The summed E-state index contributed by atoms with van der Waals surface area (Å²) in [6.07, 6.45) is 8.69. The fraction of sp³-hybridized carbons (Fsp3) is 0.323. The fourth-order valence-corrected chi connectivity index (χ4v) is 4.76. The average Bonchev–Trinajstić information content (AvgIpc) is 3.41. The number of nitrogens with zero attached hydrogens (tertiary/aromatic N) is 5. The van der Waals surface area contributed by atoms with Crippen LogP contribution in [0, 0.1) is 24.2 Å². The molecule has 0 unspecified atom stereocenters. The van der Waals surface area contributed by atoms with Crippen molar-refractivity contribution in [3.05, 3.63) is 77.9 Å². The molecule has 0 bridgehead atoms. The lowest BCUT2D eigenvalue weighted by Crippen LogP contribution is -2.49. The van der Waals surface area contributed by atoms with Crippen LogP contribution in [0.2, 0.25) is 0 Å². The van der Waals surface area contributed by atoms with Gasteiger partial charge in [0.2, 0.25) is 0 Å². The van der Waals surface area contributed by atoms with Gasteiger partial charge in [-0.15, -0.1) is 6.42 Å². The highest BCUT2D eigenvalue weighted by Gasteiger charge is 2.31. The lowest BCUT2D eigenvalue weighted by atomic mass is 10.1. The van der Waals surface area contributed by atoms with E-state index in [0.29, 0.717) is 31.1 Å². The lowest BCUT2D eigenvalue weighted by Gasteiger charge is -2.32. The zero-order valence-corrected chi connectivity index (χ0v) is 22.5. The fourth-order valence-electron chi connectivity index (χ4n) is 4.76. The molecule has 2 aliphatic rings. The Kier molecular flexibility index (Phi) is 8.46. The summed E-state index contributed by atoms with van der Waals surface area (Å²) in [5, 5.41) is 2.78. The Balaban J connectivity index is 1.19. The number of ether oxygens (including phenoxy) is 1. The lowest BCUT2D eigenvalue weighted by molar-refractivity contribution is -0.120. The molecular formula is C31H32N6O3. The van der Waals surface area contributed by atoms with Crippen LogP contribution in [-0.2, 0) is 11.3 Å². The number of likely N-dealkylation sites (N-methyl/N-ethyl adjacent to an activating group) is 1. The normalized spacial score (nSPS) is 17.6. The number of nitrogens with one attached hydrogen (secondary N) is 1. The first-order chi connectivity index (χ1) is 19.5. The largest absolute Gasteiger partial charge is 0.489 e. The molecule has 3 aromatic rings. The summed E-state index contributed by atoms with van der Waals surface area (Å²) in [4.78, 5) is 36.5. The maximum Gasteiger partial charge on any atom is 0.272 e. The van der Waals surface area contributed by atoms with Crippen molar-refractivity contribution in [2.24, 2.45) is 0 Å². The van der Waals surface area contributed by atoms with Gasteiger partial charge < -0.3 is 19.5 Å². The van der Waals surface area contributed by atoms with E-state index >= 15 is 0 Å². The van der Waals surface area contributed by atoms with Gasteiger partial charge in [0.15, 0.2) is 0 Å². The molecule has 5 rings (SSSR count). The molecule has 2 aromatic carbocycles. The molecule has 1 fully saturated rings. The molecule has 204 valence electrons. The first kappa shape index (κ1) is 27.0. The number of terminal acetylenes is 1. The minimum atomic E-state index is -0.855. The highest BCUT2D eigenvalue weighted by atomic mass is 16.5. The van der Waals surface area contributed by atoms with Crippen LogP contribution in [0.3, 0.4) is 0 Å². The van der Waals surface area contributed by atoms with Crippen LogP contribution >= 0.6 is 0 Å². The Hall–Kier alpha value is -4.57. The number of fused-ring (bicyclic) bond motifs is 1. The number of carbonyl (C=O) groups excluding carboxylic acids is 2. The number of carbonyl (C=O) groups is 2. The van der Waals surface area contributed by atoms with Crippen molar-refractivity contribution >= 4 is 17.5 Å². The summed E-state index contributed by atoms with van der Waals surface area (Å²) < 4.78 is 7.76. The van der Waals surface area contributed by atoms with Gasteiger partial charge in [0.1, 0.15) is 24.1 Å². The van der Waals surface area contributed by atoms with Crippen molar-refractivity contribution in [1.29, 1.82) is 0 Å². The van der Waals surface area contributed by atoms with Crippen molar-refractivity contribution in [3.63, 3.8) is 0 Å². The van der Waals surface area contributed by atoms with Gasteiger partial charge in [0.25, 0.3) is 11.8 Å². The van der Waals surface area contributed by atoms with E-state index in [-0.39, 0.29) is 18.2 Å². The van der Waals surface area contributed by atoms with Crippen molar-refractivity contribution in [3.8, 4) is 29.9 Å². The van der Waals surface area contributed by atoms with E-state index in [1.807, 2.05) is 53.1 Å². The monoisotopic (exact) mass is 536 g/mol. The van der Waals surface area contributed by atoms with Gasteiger partial charge in [-0.2, -0.15) is 0 Å². The molecule has 3 heterocycles. The molecule has 0 aliphatic carbocycles. The van der Waals surface area contributed by atoms with Gasteiger partial charge in [-0.1, -0.05) is 48.1 Å². The van der Waals surface area contributed by atoms with Crippen LogP contribution in [0.5, 0.6) is 5.75 Å². The summed E-state index contributed by atoms with van der Waals surface area (Å²) >= 11 is 0. The van der Waals surface area contributed by atoms with E-state index in [0.717, 1.165) is 37.3 Å². The zero-order valence-electron chi connectivity index (χ0n) is 22.5. The number of hydrogen-bond acceptors (Lipinski definition) is 6. The van der Waals surface area contributed by atoms with Crippen LogP contribution in [0.1, 0.15) is 21.6 Å². The third-order valence-corrected chi connectivity index (χ3v) is 7.05. The van der Waals surface area contributed by atoms with Crippen LogP contribution in [0.15, 0.2) is 61.1 Å². The van der Waals surface area contributed by atoms with Crippen LogP contribution in [0.4, 0.5) is 5.69 Å². The van der Waals surface area contributed by atoms with E-state index in [1.54, 1.807) is 19.6 Å². The summed E-state index contributed by atoms with van der Waals surface area (Å²) in [5.41, 5.74) is 2.74. The number of piperazine rings is 1. The second kappa shape index (κ2) is 12.5. The van der Waals surface area contributed by atoms with Crippen molar-refractivity contribution in [1.82, 2.24) is 24.7 Å². The molecule has 40 heavy (non-hydrogen) atoms. The van der Waals surface area contributed by atoms with Gasteiger partial charge in [-0.05, 0) is 23.8 Å². The Morgan fingerprint density at radius 3 is 2.60 bits per heavy atom. The number of imidazole rings is 1. The minimum absolute atomic E-state index is 0.0172. The Morgan fingerprint density at radius 2 is 1.85 bits per heavy atom. The molecular weight excluding hydrogens is 504 g/mol. The van der Waals surface area contributed by atoms with Crippen molar-refractivity contribution in [2.45, 2.75) is 12.6 Å². The number of anilines is 1. The van der Waals surface area contributed by atoms with Crippen molar-refractivity contribution in [2.75, 3.05) is 57.8 Å². The first-order valence-electron chi connectivity index (χ1n) is 13.3. The number of amides is 2. The molecule has 0 spiro atoms. The van der Waals surface area contributed by atoms with Gasteiger partial charge in [-0.3, -0.25) is 19.4 Å². The third-order valence-electron chi connectivity index (χ3n) is 7.05. The maximum absolute atomic E-state index is 13.3. The van der Waals surface area contributed by atoms with E-state index in [1.165, 1.54) is 4.90 Å². The molecule has 9 nitrogen and oxygen atoms in total. The number of hydrogen-bond donors (Lipinski definition) is 1. The Labute approximate surface area is 234 Å². The molecule has 2 aliphatic heterocycles. The summed E-state index contributed by atoms with van der Waals surface area (Å²) in [5.74, 6) is 9.01. The highest BCUT2D eigenvalue weighted by Crippen LogP contribution is 2.31. The zero-order chi connectivity index (χ0) is 27.9. The van der Waals surface area contributed by atoms with Gasteiger partial charge in [0.05, 0.1) is 25.1 Å². The third kappa shape index (κ3) is 6.52. The van der Waals surface area contributed by atoms with E-state index in [9.17, 15) is 9.59 Å². The topological polar surface area (TPSA) is 82.9 Å². The predicted octanol–water partition coefficient (Wildman–Crippen LogP) is 1.69. The summed E-state index contributed by atoms with van der Waals surface area (Å²) in [6, 6.07) is 14.6. The Morgan fingerprint density at radius 1 is 1.10 bits per heavy atom. The number of benzene rings is 2. The van der Waals surface area contributed by atoms with Crippen LogP contribution in [-0.4, -0.2) is 90.1 Å². The first-order valence-corrected chi connectivity index (χ1v) is 13.3. The average molecular weight is 537 g/mol. The van der Waals surface area contributed by atoms with Crippen LogP contribution < -0.4 is 15.0 Å². The Bertz CT molecular complexity index is 1460. The predicted molar refractivity (Wildman–Crippen MR) is 153 cm³/mol. The van der Waals surface area contributed by atoms with Crippen molar-refractivity contribution < 1.29 is 14.3 Å². The van der Waals surface area contributed by atoms with Gasteiger partial charge in [0, 0.05) is 51.5 Å². The van der Waals surface area contributed by atoms with E-state index in [4.69, 9.17) is 11.2 Å². The van der Waals surface area contributed by atoms with Gasteiger partial charge >= 0.3 is 0 Å². The molecule has 0 saturated carbocycles. The quantitative estimate of drug-likeness (QED) is 0.483. The van der Waals surface area contributed by atoms with Gasteiger partial charge in [-0.25, -0.2) is 4.98 Å². The molecule has 1 atom stereocenters. The second-order valence-corrected chi connectivity index (χ2v) is 9.89. The molecule has 1 N–H and O–H groups in total. The maximum atomic E-state index is 13.3.